The van der Waals surface area contributed by atoms with Gasteiger partial charge in [-0.2, -0.15) is 0 Å². The van der Waals surface area contributed by atoms with Gasteiger partial charge >= 0.3 is 5.97 Å². The molecule has 0 bridgehead atoms. The fourth-order valence-corrected chi connectivity index (χ4v) is 2.29. The van der Waals surface area contributed by atoms with Crippen LogP contribution < -0.4 is 0 Å². The van der Waals surface area contributed by atoms with Crippen molar-refractivity contribution in [2.75, 3.05) is 7.11 Å². The minimum absolute atomic E-state index is 0.281. The van der Waals surface area contributed by atoms with E-state index in [0.717, 1.165) is 16.3 Å². The van der Waals surface area contributed by atoms with Gasteiger partial charge in [0.25, 0.3) is 0 Å². The maximum Gasteiger partial charge on any atom is 0.324 e. The van der Waals surface area contributed by atoms with Crippen LogP contribution >= 0.6 is 15.9 Å². The van der Waals surface area contributed by atoms with Crippen LogP contribution in [0.1, 0.15) is 10.4 Å². The van der Waals surface area contributed by atoms with Crippen molar-refractivity contribution in [2.45, 2.75) is 4.83 Å². The van der Waals surface area contributed by atoms with Crippen molar-refractivity contribution in [3.63, 3.8) is 0 Å². The Bertz CT molecular complexity index is 517. The number of benzene rings is 2. The van der Waals surface area contributed by atoms with Gasteiger partial charge in [-0.25, -0.2) is 0 Å². The Morgan fingerprint density at radius 2 is 1.88 bits per heavy atom. The number of hydrogen-bond donors (Lipinski definition) is 0. The fourth-order valence-electron chi connectivity index (χ4n) is 1.70. The first kappa shape index (κ1) is 11.1. The third-order valence-electron chi connectivity index (χ3n) is 2.50. The normalized spacial score (nSPS) is 12.4. The Hall–Kier alpha value is -1.35. The summed E-state index contributed by atoms with van der Waals surface area (Å²) in [5.74, 6) is -0.281. The molecule has 3 heteroatoms. The van der Waals surface area contributed by atoms with Crippen LogP contribution in [0.4, 0.5) is 0 Å². The highest BCUT2D eigenvalue weighted by molar-refractivity contribution is 9.09. The smallest absolute Gasteiger partial charge is 0.324 e. The second-order valence-corrected chi connectivity index (χ2v) is 4.37. The molecule has 0 aliphatic rings. The van der Waals surface area contributed by atoms with Gasteiger partial charge in [0, 0.05) is 0 Å². The topological polar surface area (TPSA) is 26.3 Å². The van der Waals surface area contributed by atoms with Crippen LogP contribution in [-0.2, 0) is 9.53 Å². The van der Waals surface area contributed by atoms with E-state index in [4.69, 9.17) is 4.74 Å². The molecule has 0 aliphatic heterocycles. The number of rotatable bonds is 2. The van der Waals surface area contributed by atoms with Crippen molar-refractivity contribution >= 4 is 32.7 Å². The number of fused-ring (bicyclic) bond motifs is 1. The monoisotopic (exact) mass is 278 g/mol. The van der Waals surface area contributed by atoms with Gasteiger partial charge in [-0.15, -0.1) is 0 Å². The predicted octanol–water partition coefficient (Wildman–Crippen LogP) is 3.45. The zero-order valence-electron chi connectivity index (χ0n) is 8.81. The molecule has 2 aromatic rings. The highest BCUT2D eigenvalue weighted by Crippen LogP contribution is 2.30. The molecule has 0 aromatic heterocycles. The second-order valence-electron chi connectivity index (χ2n) is 3.45. The number of ether oxygens (including phenoxy) is 1. The number of alkyl halides is 1. The molecular formula is C13H11BrO2. The zero-order chi connectivity index (χ0) is 11.5. The van der Waals surface area contributed by atoms with Crippen molar-refractivity contribution in [3.8, 4) is 0 Å². The van der Waals surface area contributed by atoms with E-state index in [2.05, 4.69) is 15.9 Å². The van der Waals surface area contributed by atoms with Crippen LogP contribution in [0.25, 0.3) is 10.8 Å². The molecule has 16 heavy (non-hydrogen) atoms. The fraction of sp³-hybridized carbons (Fsp3) is 0.154. The number of hydrogen-bond acceptors (Lipinski definition) is 2. The van der Waals surface area contributed by atoms with E-state index in [0.29, 0.717) is 0 Å². The van der Waals surface area contributed by atoms with Gasteiger partial charge in [0.05, 0.1) is 7.11 Å². The highest BCUT2D eigenvalue weighted by Gasteiger charge is 2.19. The number of carbonyl (C=O) groups excluding carboxylic acids is 1. The van der Waals surface area contributed by atoms with Crippen LogP contribution in [-0.4, -0.2) is 13.1 Å². The maximum absolute atomic E-state index is 11.5. The van der Waals surface area contributed by atoms with Crippen molar-refractivity contribution < 1.29 is 9.53 Å². The molecule has 0 amide bonds. The van der Waals surface area contributed by atoms with Gasteiger partial charge in [0.1, 0.15) is 4.83 Å². The molecule has 0 N–H and O–H groups in total. The first-order valence-electron chi connectivity index (χ1n) is 4.93. The van der Waals surface area contributed by atoms with Gasteiger partial charge < -0.3 is 4.74 Å². The third kappa shape index (κ3) is 1.95. The minimum atomic E-state index is -0.413. The van der Waals surface area contributed by atoms with Crippen molar-refractivity contribution in [2.24, 2.45) is 0 Å². The van der Waals surface area contributed by atoms with Gasteiger partial charge in [-0.05, 0) is 16.3 Å². The average molecular weight is 279 g/mol. The predicted molar refractivity (Wildman–Crippen MR) is 67.6 cm³/mol. The molecule has 0 radical (unpaired) electrons. The quantitative estimate of drug-likeness (QED) is 0.621. The Kier molecular flexibility index (Phi) is 3.25. The summed E-state index contributed by atoms with van der Waals surface area (Å²) >= 11 is 3.36. The third-order valence-corrected chi connectivity index (χ3v) is 3.37. The molecule has 0 spiro atoms. The Labute approximate surface area is 102 Å². The molecule has 0 saturated carbocycles. The molecule has 0 saturated heterocycles. The van der Waals surface area contributed by atoms with E-state index >= 15 is 0 Å². The molecule has 0 heterocycles. The summed E-state index contributed by atoms with van der Waals surface area (Å²) in [7, 11) is 1.39. The van der Waals surface area contributed by atoms with E-state index in [1.165, 1.54) is 7.11 Å². The molecule has 2 aromatic carbocycles. The highest BCUT2D eigenvalue weighted by atomic mass is 79.9. The van der Waals surface area contributed by atoms with Crippen molar-refractivity contribution in [3.05, 3.63) is 48.0 Å². The Balaban J connectivity index is 2.56. The molecular weight excluding hydrogens is 268 g/mol. The van der Waals surface area contributed by atoms with Crippen LogP contribution in [0.5, 0.6) is 0 Å². The first-order valence-corrected chi connectivity index (χ1v) is 5.85. The number of methoxy groups -OCH3 is 1. The number of halogens is 1. The molecule has 1 atom stereocenters. The summed E-state index contributed by atoms with van der Waals surface area (Å²) in [4.78, 5) is 11.1. The summed E-state index contributed by atoms with van der Waals surface area (Å²) in [5.41, 5.74) is 0.935. The van der Waals surface area contributed by atoms with E-state index in [1.807, 2.05) is 42.5 Å². The molecule has 0 unspecified atom stereocenters. The first-order chi connectivity index (χ1) is 7.74. The van der Waals surface area contributed by atoms with E-state index < -0.39 is 4.83 Å². The SMILES string of the molecule is COC(=O)[C@H](Br)c1cccc2ccccc12. The maximum atomic E-state index is 11.5. The summed E-state index contributed by atoms with van der Waals surface area (Å²) < 4.78 is 4.73. The molecule has 2 rings (SSSR count). The Morgan fingerprint density at radius 3 is 2.62 bits per heavy atom. The lowest BCUT2D eigenvalue weighted by Gasteiger charge is -2.10. The summed E-state index contributed by atoms with van der Waals surface area (Å²) in [6, 6.07) is 13.9. The lowest BCUT2D eigenvalue weighted by molar-refractivity contribution is -0.139. The van der Waals surface area contributed by atoms with E-state index in [9.17, 15) is 4.79 Å². The van der Waals surface area contributed by atoms with E-state index in [1.54, 1.807) is 0 Å². The largest absolute Gasteiger partial charge is 0.468 e. The van der Waals surface area contributed by atoms with Gasteiger partial charge in [0.2, 0.25) is 0 Å². The minimum Gasteiger partial charge on any atom is -0.468 e. The summed E-state index contributed by atoms with van der Waals surface area (Å²) in [5, 5.41) is 2.19. The average Bonchev–Trinajstić information content (AvgIpc) is 2.36. The molecule has 2 nitrogen and oxygen atoms in total. The van der Waals surface area contributed by atoms with Crippen LogP contribution in [0.15, 0.2) is 42.5 Å². The summed E-state index contributed by atoms with van der Waals surface area (Å²) in [6.07, 6.45) is 0. The summed E-state index contributed by atoms with van der Waals surface area (Å²) in [6.45, 7) is 0. The van der Waals surface area contributed by atoms with Gasteiger partial charge in [0.15, 0.2) is 0 Å². The van der Waals surface area contributed by atoms with Gasteiger partial charge in [-0.3, -0.25) is 4.79 Å². The van der Waals surface area contributed by atoms with E-state index in [-0.39, 0.29) is 5.97 Å². The number of esters is 1. The van der Waals surface area contributed by atoms with Crippen LogP contribution in [0, 0.1) is 0 Å². The lowest BCUT2D eigenvalue weighted by atomic mass is 10.0. The standard InChI is InChI=1S/C13H11BrO2/c1-16-13(15)12(14)11-8-4-6-9-5-2-3-7-10(9)11/h2-8,12H,1H3/t12-/m1/s1. The van der Waals surface area contributed by atoms with Crippen molar-refractivity contribution in [1.29, 1.82) is 0 Å². The van der Waals surface area contributed by atoms with Gasteiger partial charge in [-0.1, -0.05) is 58.4 Å². The zero-order valence-corrected chi connectivity index (χ0v) is 10.4. The van der Waals surface area contributed by atoms with Crippen LogP contribution in [0.2, 0.25) is 0 Å². The molecule has 0 aliphatic carbocycles. The molecule has 0 fully saturated rings. The number of carbonyl (C=O) groups is 1. The Morgan fingerprint density at radius 1 is 1.19 bits per heavy atom. The van der Waals surface area contributed by atoms with Crippen molar-refractivity contribution in [1.82, 2.24) is 0 Å². The molecule has 82 valence electrons. The lowest BCUT2D eigenvalue weighted by Crippen LogP contribution is -2.08. The van der Waals surface area contributed by atoms with Crippen LogP contribution in [0.3, 0.4) is 0 Å². The second kappa shape index (κ2) is 4.66.